The van der Waals surface area contributed by atoms with Crippen LogP contribution in [0.25, 0.3) is 0 Å². The largest absolute Gasteiger partial charge is 0.179 e. The molecule has 0 heterocycles. The van der Waals surface area contributed by atoms with Crippen LogP contribution in [-0.4, -0.2) is 11.0 Å². The number of thiol groups is 2. The first-order valence-corrected chi connectivity index (χ1v) is 10.5. The average Bonchev–Trinajstić information content (AvgIpc) is 2.01. The second kappa shape index (κ2) is 8.28. The Bertz CT molecular complexity index is 121. The molecular weight excluding hydrogens is 276 g/mol. The molecule has 0 N–H and O–H groups in total. The van der Waals surface area contributed by atoms with E-state index in [4.69, 9.17) is 0 Å². The normalized spacial score (nSPS) is 14.5. The van der Waals surface area contributed by atoms with Gasteiger partial charge in [0.05, 0.1) is 0 Å². The summed E-state index contributed by atoms with van der Waals surface area (Å²) in [5.74, 6) is 0.966. The second-order valence-corrected chi connectivity index (χ2v) is 10.9. The van der Waals surface area contributed by atoms with Gasteiger partial charge in [-0.1, -0.05) is 43.2 Å². The highest BCUT2D eigenvalue weighted by Crippen LogP contribution is 2.50. The van der Waals surface area contributed by atoms with E-state index < -0.39 is 0 Å². The second-order valence-electron chi connectivity index (χ2n) is 3.67. The Kier molecular flexibility index (Phi) is 9.61. The SMILES string of the molecule is CC(C)(C)C(CCS)SSSSS. The quantitative estimate of drug-likeness (QED) is 0.390. The summed E-state index contributed by atoms with van der Waals surface area (Å²) in [6.07, 6.45) is 1.17. The highest BCUT2D eigenvalue weighted by atomic mass is 33.8. The predicted molar refractivity (Wildman–Crippen MR) is 81.1 cm³/mol. The van der Waals surface area contributed by atoms with E-state index in [0.717, 1.165) is 5.75 Å². The van der Waals surface area contributed by atoms with Crippen LogP contribution in [0.15, 0.2) is 0 Å². The lowest BCUT2D eigenvalue weighted by Gasteiger charge is -2.28. The van der Waals surface area contributed by atoms with Crippen molar-refractivity contribution in [2.75, 3.05) is 5.75 Å². The Morgan fingerprint density at radius 1 is 1.23 bits per heavy atom. The van der Waals surface area contributed by atoms with Crippen molar-refractivity contribution in [1.82, 2.24) is 0 Å². The Hall–Kier alpha value is 2.10. The fourth-order valence-corrected chi connectivity index (χ4v) is 8.43. The van der Waals surface area contributed by atoms with E-state index in [1.807, 2.05) is 20.6 Å². The maximum atomic E-state index is 4.29. The van der Waals surface area contributed by atoms with Crippen LogP contribution in [-0.2, 0) is 0 Å². The molecule has 1 unspecified atom stereocenters. The van der Waals surface area contributed by atoms with Gasteiger partial charge in [-0.15, -0.1) is 0 Å². The van der Waals surface area contributed by atoms with Gasteiger partial charge in [0.2, 0.25) is 0 Å². The molecule has 0 nitrogen and oxygen atoms in total. The minimum atomic E-state index is 0.363. The monoisotopic (exact) mass is 292 g/mol. The molecule has 1 atom stereocenters. The summed E-state index contributed by atoms with van der Waals surface area (Å²) in [4.78, 5) is 0. The highest BCUT2D eigenvalue weighted by molar-refractivity contribution is 9.34. The molecule has 0 rings (SSSR count). The highest BCUT2D eigenvalue weighted by Gasteiger charge is 2.24. The molecule has 0 radical (unpaired) electrons. The van der Waals surface area contributed by atoms with E-state index in [2.05, 4.69) is 45.1 Å². The fourth-order valence-electron chi connectivity index (χ4n) is 0.819. The summed E-state index contributed by atoms with van der Waals surface area (Å²) in [6, 6.07) is 0. The van der Waals surface area contributed by atoms with Gasteiger partial charge in [-0.25, -0.2) is 0 Å². The van der Waals surface area contributed by atoms with Gasteiger partial charge in [-0.3, -0.25) is 0 Å². The molecule has 0 aromatic rings. The number of rotatable bonds is 6. The molecule has 0 aliphatic heterocycles. The Labute approximate surface area is 107 Å². The zero-order valence-electron chi connectivity index (χ0n) is 8.02. The van der Waals surface area contributed by atoms with Crippen molar-refractivity contribution >= 4 is 64.6 Å². The molecule has 0 amide bonds. The van der Waals surface area contributed by atoms with Crippen molar-refractivity contribution < 1.29 is 0 Å². The molecule has 80 valence electrons. The van der Waals surface area contributed by atoms with E-state index in [-0.39, 0.29) is 0 Å². The molecule has 0 saturated heterocycles. The van der Waals surface area contributed by atoms with Crippen molar-refractivity contribution in [2.45, 2.75) is 32.4 Å². The standard InChI is InChI=1S/C7H16S6/c1-7(2,3)6(4-5-8)10-12-13-11-9/h6,8-9H,4-5H2,1-3H3. The molecule has 0 bridgehead atoms. The summed E-state index contributed by atoms with van der Waals surface area (Å²) in [5.41, 5.74) is 0.363. The third-order valence-electron chi connectivity index (χ3n) is 1.57. The summed E-state index contributed by atoms with van der Waals surface area (Å²) >= 11 is 8.37. The minimum absolute atomic E-state index is 0.363. The summed E-state index contributed by atoms with van der Waals surface area (Å²) in [5, 5.41) is 0.669. The topological polar surface area (TPSA) is 0 Å². The van der Waals surface area contributed by atoms with Crippen molar-refractivity contribution in [2.24, 2.45) is 5.41 Å². The van der Waals surface area contributed by atoms with Gasteiger partial charge in [0.1, 0.15) is 0 Å². The van der Waals surface area contributed by atoms with E-state index in [0.29, 0.717) is 10.7 Å². The van der Waals surface area contributed by atoms with Crippen molar-refractivity contribution in [3.63, 3.8) is 0 Å². The van der Waals surface area contributed by atoms with Gasteiger partial charge < -0.3 is 0 Å². The summed E-state index contributed by atoms with van der Waals surface area (Å²) in [7, 11) is 6.97. The van der Waals surface area contributed by atoms with Gasteiger partial charge in [0.25, 0.3) is 0 Å². The summed E-state index contributed by atoms with van der Waals surface area (Å²) < 4.78 is 0. The molecule has 0 aromatic heterocycles. The first kappa shape index (κ1) is 15.1. The lowest BCUT2D eigenvalue weighted by atomic mass is 9.90. The molecule has 0 fully saturated rings. The van der Waals surface area contributed by atoms with Gasteiger partial charge in [-0.2, -0.15) is 12.6 Å². The van der Waals surface area contributed by atoms with E-state index in [1.54, 1.807) is 9.83 Å². The number of hydrogen-bond donors (Lipinski definition) is 2. The molecular formula is C7H16S6. The van der Waals surface area contributed by atoms with Crippen LogP contribution >= 0.6 is 64.6 Å². The molecule has 0 saturated carbocycles. The van der Waals surface area contributed by atoms with Crippen molar-refractivity contribution in [3.05, 3.63) is 0 Å². The maximum Gasteiger partial charge on any atom is 0.0216 e. The van der Waals surface area contributed by atoms with E-state index in [1.165, 1.54) is 16.2 Å². The Morgan fingerprint density at radius 2 is 1.85 bits per heavy atom. The Morgan fingerprint density at radius 3 is 2.23 bits per heavy atom. The third-order valence-corrected chi connectivity index (χ3v) is 9.38. The molecule has 0 spiro atoms. The van der Waals surface area contributed by atoms with E-state index >= 15 is 0 Å². The molecule has 13 heavy (non-hydrogen) atoms. The van der Waals surface area contributed by atoms with Gasteiger partial charge >= 0.3 is 0 Å². The zero-order valence-corrected chi connectivity index (χ0v) is 13.1. The van der Waals surface area contributed by atoms with Crippen molar-refractivity contribution in [1.29, 1.82) is 0 Å². The lowest BCUT2D eigenvalue weighted by molar-refractivity contribution is 0.390. The molecule has 6 heteroatoms. The van der Waals surface area contributed by atoms with Crippen LogP contribution in [0.2, 0.25) is 0 Å². The van der Waals surface area contributed by atoms with Crippen LogP contribution in [0.1, 0.15) is 27.2 Å². The zero-order chi connectivity index (χ0) is 10.3. The molecule has 0 aliphatic rings. The third kappa shape index (κ3) is 7.96. The van der Waals surface area contributed by atoms with E-state index in [9.17, 15) is 0 Å². The number of hydrogen-bond acceptors (Lipinski definition) is 6. The predicted octanol–water partition coefficient (Wildman–Crippen LogP) is 5.24. The van der Waals surface area contributed by atoms with Crippen LogP contribution < -0.4 is 0 Å². The first-order chi connectivity index (χ1) is 6.02. The van der Waals surface area contributed by atoms with Gasteiger partial charge in [-0.05, 0) is 47.1 Å². The van der Waals surface area contributed by atoms with Crippen LogP contribution in [0.5, 0.6) is 0 Å². The molecule has 0 aliphatic carbocycles. The van der Waals surface area contributed by atoms with Crippen LogP contribution in [0.3, 0.4) is 0 Å². The smallest absolute Gasteiger partial charge is 0.0216 e. The fraction of sp³-hybridized carbons (Fsp3) is 1.00. The average molecular weight is 293 g/mol. The van der Waals surface area contributed by atoms with Crippen LogP contribution in [0, 0.1) is 5.41 Å². The minimum Gasteiger partial charge on any atom is -0.179 e. The first-order valence-electron chi connectivity index (χ1n) is 3.93. The van der Waals surface area contributed by atoms with Crippen molar-refractivity contribution in [3.8, 4) is 0 Å². The van der Waals surface area contributed by atoms with Gasteiger partial charge in [0, 0.05) is 5.25 Å². The Balaban J connectivity index is 3.81. The van der Waals surface area contributed by atoms with Crippen LogP contribution in [0.4, 0.5) is 0 Å². The maximum absolute atomic E-state index is 4.29. The molecule has 0 aromatic carbocycles. The summed E-state index contributed by atoms with van der Waals surface area (Å²) in [6.45, 7) is 6.85. The lowest BCUT2D eigenvalue weighted by Crippen LogP contribution is -2.22. The van der Waals surface area contributed by atoms with Gasteiger partial charge in [0.15, 0.2) is 0 Å².